The molecule has 0 atom stereocenters. The lowest BCUT2D eigenvalue weighted by atomic mass is 10.2. The van der Waals surface area contributed by atoms with E-state index in [-0.39, 0.29) is 16.6 Å². The lowest BCUT2D eigenvalue weighted by molar-refractivity contribution is 0.616. The summed E-state index contributed by atoms with van der Waals surface area (Å²) < 4.78 is 15.0. The van der Waals surface area contributed by atoms with Gasteiger partial charge in [0.05, 0.1) is 16.6 Å². The number of hydrogen-bond donors (Lipinski definition) is 1. The van der Waals surface area contributed by atoms with Crippen LogP contribution in [0.5, 0.6) is 0 Å². The van der Waals surface area contributed by atoms with E-state index in [4.69, 9.17) is 11.6 Å². The first-order valence-corrected chi connectivity index (χ1v) is 6.15. The molecular weight excluding hydrogens is 283 g/mol. The van der Waals surface area contributed by atoms with E-state index in [1.54, 1.807) is 6.07 Å². The molecule has 2 aromatic carbocycles. The van der Waals surface area contributed by atoms with Crippen molar-refractivity contribution in [2.24, 2.45) is 0 Å². The van der Waals surface area contributed by atoms with Gasteiger partial charge < -0.3 is 0 Å². The van der Waals surface area contributed by atoms with E-state index in [2.05, 4.69) is 4.98 Å². The number of hydrogen-bond acceptors (Lipinski definition) is 2. The average Bonchev–Trinajstić information content (AvgIpc) is 2.40. The Kier molecular flexibility index (Phi) is 2.91. The van der Waals surface area contributed by atoms with Crippen LogP contribution in [0.2, 0.25) is 5.02 Å². The van der Waals surface area contributed by atoms with Gasteiger partial charge in [0.15, 0.2) is 0 Å². The summed E-state index contributed by atoms with van der Waals surface area (Å²) >= 11 is 5.90. The highest BCUT2D eigenvalue weighted by atomic mass is 35.5. The Morgan fingerprint density at radius 1 is 1.10 bits per heavy atom. The fourth-order valence-electron chi connectivity index (χ4n) is 2.08. The summed E-state index contributed by atoms with van der Waals surface area (Å²) in [6.45, 7) is 0. The third-order valence-corrected chi connectivity index (χ3v) is 3.20. The van der Waals surface area contributed by atoms with Crippen LogP contribution in [-0.2, 0) is 0 Å². The molecule has 0 saturated heterocycles. The lowest BCUT2D eigenvalue weighted by Gasteiger charge is -2.10. The molecule has 20 heavy (non-hydrogen) atoms. The summed E-state index contributed by atoms with van der Waals surface area (Å²) in [7, 11) is 0. The summed E-state index contributed by atoms with van der Waals surface area (Å²) in [4.78, 5) is 26.0. The first-order chi connectivity index (χ1) is 9.58. The molecule has 1 heterocycles. The SMILES string of the molecule is O=c1[nH]c(=O)n(-c2ccccc2F)c2cc(Cl)ccc12. The van der Waals surface area contributed by atoms with Crippen molar-refractivity contribution in [3.05, 3.63) is 74.1 Å². The number of H-pyrrole nitrogens is 1. The topological polar surface area (TPSA) is 54.9 Å². The summed E-state index contributed by atoms with van der Waals surface area (Å²) in [6, 6.07) is 10.3. The third-order valence-electron chi connectivity index (χ3n) is 2.96. The average molecular weight is 291 g/mol. The van der Waals surface area contributed by atoms with Crippen molar-refractivity contribution in [3.8, 4) is 5.69 Å². The van der Waals surface area contributed by atoms with Crippen molar-refractivity contribution >= 4 is 22.5 Å². The molecule has 0 radical (unpaired) electrons. The summed E-state index contributed by atoms with van der Waals surface area (Å²) in [5.41, 5.74) is -0.929. The Balaban J connectivity index is 2.54. The number of halogens is 2. The predicted molar refractivity (Wildman–Crippen MR) is 75.1 cm³/mol. The van der Waals surface area contributed by atoms with E-state index < -0.39 is 17.1 Å². The standard InChI is InChI=1S/C14H8ClFN2O2/c15-8-5-6-9-12(7-8)18(14(20)17-13(9)19)11-4-2-1-3-10(11)16/h1-7H,(H,17,19,20). The predicted octanol–water partition coefficient (Wildman–Crippen LogP) is 2.47. The Hall–Kier alpha value is -2.40. The number of nitrogens with one attached hydrogen (secondary N) is 1. The van der Waals surface area contributed by atoms with Crippen LogP contribution in [0.4, 0.5) is 4.39 Å². The highest BCUT2D eigenvalue weighted by Crippen LogP contribution is 2.19. The van der Waals surface area contributed by atoms with Crippen molar-refractivity contribution in [2.45, 2.75) is 0 Å². The molecule has 0 spiro atoms. The molecule has 0 bridgehead atoms. The Morgan fingerprint density at radius 2 is 1.85 bits per heavy atom. The third kappa shape index (κ3) is 1.92. The molecule has 1 N–H and O–H groups in total. The number of nitrogens with zero attached hydrogens (tertiary/aromatic N) is 1. The Morgan fingerprint density at radius 3 is 2.60 bits per heavy atom. The van der Waals surface area contributed by atoms with Gasteiger partial charge in [-0.15, -0.1) is 0 Å². The second kappa shape index (κ2) is 4.61. The molecule has 3 aromatic rings. The maximum Gasteiger partial charge on any atom is 0.333 e. The molecule has 4 nitrogen and oxygen atoms in total. The highest BCUT2D eigenvalue weighted by molar-refractivity contribution is 6.31. The van der Waals surface area contributed by atoms with Gasteiger partial charge in [-0.1, -0.05) is 23.7 Å². The van der Waals surface area contributed by atoms with Gasteiger partial charge in [-0.05, 0) is 30.3 Å². The zero-order valence-corrected chi connectivity index (χ0v) is 10.8. The van der Waals surface area contributed by atoms with Crippen molar-refractivity contribution < 1.29 is 4.39 Å². The van der Waals surface area contributed by atoms with Crippen LogP contribution >= 0.6 is 11.6 Å². The molecule has 0 unspecified atom stereocenters. The quantitative estimate of drug-likeness (QED) is 0.748. The number of para-hydroxylation sites is 1. The van der Waals surface area contributed by atoms with E-state index in [0.717, 1.165) is 4.57 Å². The van der Waals surface area contributed by atoms with Crippen LogP contribution in [0.1, 0.15) is 0 Å². The van der Waals surface area contributed by atoms with Gasteiger partial charge in [0, 0.05) is 5.02 Å². The summed E-state index contributed by atoms with van der Waals surface area (Å²) in [6.07, 6.45) is 0. The van der Waals surface area contributed by atoms with Crippen LogP contribution in [0.15, 0.2) is 52.1 Å². The fraction of sp³-hybridized carbons (Fsp3) is 0. The van der Waals surface area contributed by atoms with Gasteiger partial charge in [0.1, 0.15) is 5.82 Å². The van der Waals surface area contributed by atoms with Crippen molar-refractivity contribution in [1.82, 2.24) is 9.55 Å². The first-order valence-electron chi connectivity index (χ1n) is 5.77. The molecule has 0 saturated carbocycles. The Bertz CT molecular complexity index is 930. The van der Waals surface area contributed by atoms with Crippen LogP contribution in [0, 0.1) is 5.82 Å². The second-order valence-electron chi connectivity index (χ2n) is 4.21. The van der Waals surface area contributed by atoms with Crippen molar-refractivity contribution in [2.75, 3.05) is 0 Å². The molecule has 1 aromatic heterocycles. The molecule has 0 amide bonds. The first kappa shape index (κ1) is 12.6. The number of aromatic amines is 1. The molecular formula is C14H8ClFN2O2. The van der Waals surface area contributed by atoms with E-state index in [1.165, 1.54) is 36.4 Å². The number of aromatic nitrogens is 2. The molecule has 100 valence electrons. The van der Waals surface area contributed by atoms with Gasteiger partial charge in [-0.3, -0.25) is 14.3 Å². The minimum Gasteiger partial charge on any atom is -0.273 e. The molecule has 0 aliphatic carbocycles. The monoisotopic (exact) mass is 290 g/mol. The van der Waals surface area contributed by atoms with Gasteiger partial charge in [0.2, 0.25) is 0 Å². The summed E-state index contributed by atoms with van der Waals surface area (Å²) in [5.74, 6) is -0.567. The largest absolute Gasteiger partial charge is 0.333 e. The van der Waals surface area contributed by atoms with Crippen molar-refractivity contribution in [3.63, 3.8) is 0 Å². The minimum absolute atomic E-state index is 0.0565. The summed E-state index contributed by atoms with van der Waals surface area (Å²) in [5, 5.41) is 0.616. The maximum atomic E-state index is 13.9. The molecule has 0 fully saturated rings. The van der Waals surface area contributed by atoms with Gasteiger partial charge >= 0.3 is 5.69 Å². The van der Waals surface area contributed by atoms with E-state index in [0.29, 0.717) is 5.02 Å². The van der Waals surface area contributed by atoms with Gasteiger partial charge in [-0.25, -0.2) is 9.18 Å². The maximum absolute atomic E-state index is 13.9. The van der Waals surface area contributed by atoms with Crippen LogP contribution in [0.25, 0.3) is 16.6 Å². The molecule has 0 aliphatic rings. The molecule has 0 aliphatic heterocycles. The number of benzene rings is 2. The van der Waals surface area contributed by atoms with Crippen LogP contribution < -0.4 is 11.2 Å². The van der Waals surface area contributed by atoms with E-state index in [9.17, 15) is 14.0 Å². The zero-order chi connectivity index (χ0) is 14.3. The normalized spacial score (nSPS) is 10.9. The van der Waals surface area contributed by atoms with Gasteiger partial charge in [0.25, 0.3) is 5.56 Å². The van der Waals surface area contributed by atoms with Crippen LogP contribution in [-0.4, -0.2) is 9.55 Å². The van der Waals surface area contributed by atoms with Gasteiger partial charge in [-0.2, -0.15) is 0 Å². The molecule has 6 heteroatoms. The van der Waals surface area contributed by atoms with Crippen molar-refractivity contribution in [1.29, 1.82) is 0 Å². The number of fused-ring (bicyclic) bond motifs is 1. The fourth-order valence-corrected chi connectivity index (χ4v) is 2.25. The smallest absolute Gasteiger partial charge is 0.273 e. The zero-order valence-electron chi connectivity index (χ0n) is 10.1. The molecule has 3 rings (SSSR count). The lowest BCUT2D eigenvalue weighted by Crippen LogP contribution is -2.29. The number of rotatable bonds is 1. The van der Waals surface area contributed by atoms with E-state index >= 15 is 0 Å². The van der Waals surface area contributed by atoms with Crippen LogP contribution in [0.3, 0.4) is 0 Å². The van der Waals surface area contributed by atoms with E-state index in [1.807, 2.05) is 0 Å². The Labute approximate surface area is 117 Å². The second-order valence-corrected chi connectivity index (χ2v) is 4.64. The highest BCUT2D eigenvalue weighted by Gasteiger charge is 2.12. The minimum atomic E-state index is -0.713.